The second kappa shape index (κ2) is 14.6. The van der Waals surface area contributed by atoms with Crippen molar-refractivity contribution < 1.29 is 38.1 Å². The monoisotopic (exact) mass is 606 g/mol. The maximum absolute atomic E-state index is 14.1. The summed E-state index contributed by atoms with van der Waals surface area (Å²) >= 11 is 0. The second-order valence-electron chi connectivity index (χ2n) is 11.0. The first-order valence-corrected chi connectivity index (χ1v) is 15.5. The van der Waals surface area contributed by atoms with E-state index < -0.39 is 23.5 Å². The van der Waals surface area contributed by atoms with Crippen LogP contribution < -0.4 is 14.2 Å². The van der Waals surface area contributed by atoms with Crippen molar-refractivity contribution in [2.24, 2.45) is 0 Å². The van der Waals surface area contributed by atoms with Crippen LogP contribution in [-0.2, 0) is 9.53 Å². The van der Waals surface area contributed by atoms with E-state index in [9.17, 15) is 14.7 Å². The van der Waals surface area contributed by atoms with Crippen molar-refractivity contribution >= 4 is 22.7 Å². The number of benzene rings is 2. The highest BCUT2D eigenvalue weighted by molar-refractivity contribution is 6.16. The van der Waals surface area contributed by atoms with E-state index in [1.54, 1.807) is 29.2 Å². The standard InChI is InChI=1S/C34H42N2O8/c1-4-6-7-18-43-25-13-12-23(21-27(25)42-5-2)30-29(31(37)28-22-24-10-8-11-26(40-3)33(24)44-28)32(38)34(39)36(30)15-9-14-35-16-19-41-20-17-35/h8,10-13,21-22,30,38H,4-7,9,14-20H2,1-3H3. The number of methoxy groups -OCH3 is 1. The summed E-state index contributed by atoms with van der Waals surface area (Å²) < 4.78 is 28.8. The molecular formula is C34H42N2O8. The molecule has 236 valence electrons. The van der Waals surface area contributed by atoms with Gasteiger partial charge < -0.3 is 33.4 Å². The van der Waals surface area contributed by atoms with Crippen LogP contribution in [0, 0.1) is 0 Å². The van der Waals surface area contributed by atoms with Crippen LogP contribution in [0.3, 0.4) is 0 Å². The van der Waals surface area contributed by atoms with Crippen molar-refractivity contribution in [3.63, 3.8) is 0 Å². The van der Waals surface area contributed by atoms with Crippen LogP contribution in [0.15, 0.2) is 58.2 Å². The molecule has 3 heterocycles. The van der Waals surface area contributed by atoms with E-state index >= 15 is 0 Å². The number of ketones is 1. The van der Waals surface area contributed by atoms with Crippen molar-refractivity contribution in [2.75, 3.05) is 59.7 Å². The van der Waals surface area contributed by atoms with E-state index in [0.717, 1.165) is 38.9 Å². The van der Waals surface area contributed by atoms with Gasteiger partial charge in [-0.2, -0.15) is 0 Å². The maximum atomic E-state index is 14.1. The SMILES string of the molecule is CCCCCOc1ccc(C2C(C(=O)c3cc4cccc(OC)c4o3)=C(O)C(=O)N2CCCN2CCOCC2)cc1OCC. The molecule has 0 spiro atoms. The van der Waals surface area contributed by atoms with Crippen LogP contribution in [0.25, 0.3) is 11.0 Å². The number of fused-ring (bicyclic) bond motifs is 1. The first-order valence-electron chi connectivity index (χ1n) is 15.5. The summed E-state index contributed by atoms with van der Waals surface area (Å²) in [5.41, 5.74) is 1.03. The van der Waals surface area contributed by atoms with E-state index in [0.29, 0.717) is 73.2 Å². The minimum Gasteiger partial charge on any atom is -0.503 e. The third-order valence-electron chi connectivity index (χ3n) is 8.07. The molecule has 10 nitrogen and oxygen atoms in total. The van der Waals surface area contributed by atoms with Gasteiger partial charge in [0.15, 0.2) is 34.4 Å². The van der Waals surface area contributed by atoms with Crippen molar-refractivity contribution in [3.05, 3.63) is 65.1 Å². The topological polar surface area (TPSA) is 111 Å². The Labute approximate surface area is 258 Å². The molecule has 1 N–H and O–H groups in total. The average Bonchev–Trinajstić information content (AvgIpc) is 3.59. The van der Waals surface area contributed by atoms with E-state index in [4.69, 9.17) is 23.4 Å². The van der Waals surface area contributed by atoms with Crippen LogP contribution in [0.1, 0.15) is 61.7 Å². The van der Waals surface area contributed by atoms with Crippen LogP contribution in [0.5, 0.6) is 17.2 Å². The number of ether oxygens (including phenoxy) is 4. The summed E-state index contributed by atoms with van der Waals surface area (Å²) in [6, 6.07) is 11.6. The van der Waals surface area contributed by atoms with Gasteiger partial charge in [0, 0.05) is 31.6 Å². The molecule has 1 fully saturated rings. The van der Waals surface area contributed by atoms with Gasteiger partial charge >= 0.3 is 0 Å². The molecule has 44 heavy (non-hydrogen) atoms. The number of furan rings is 1. The fourth-order valence-electron chi connectivity index (χ4n) is 5.81. The van der Waals surface area contributed by atoms with Gasteiger partial charge in [-0.05, 0) is 49.6 Å². The van der Waals surface area contributed by atoms with E-state index in [-0.39, 0.29) is 11.3 Å². The minimum absolute atomic E-state index is 0.0138. The summed E-state index contributed by atoms with van der Waals surface area (Å²) in [5, 5.41) is 11.9. The Hall–Kier alpha value is -4.02. The number of hydrogen-bond donors (Lipinski definition) is 1. The lowest BCUT2D eigenvalue weighted by Gasteiger charge is -2.30. The highest BCUT2D eigenvalue weighted by Gasteiger charge is 2.44. The molecule has 2 aliphatic rings. The summed E-state index contributed by atoms with van der Waals surface area (Å²) in [6.45, 7) is 9.13. The maximum Gasteiger partial charge on any atom is 0.290 e. The van der Waals surface area contributed by atoms with Crippen LogP contribution in [-0.4, -0.2) is 86.3 Å². The Morgan fingerprint density at radius 2 is 1.80 bits per heavy atom. The summed E-state index contributed by atoms with van der Waals surface area (Å²) in [7, 11) is 1.53. The molecule has 1 saturated heterocycles. The number of aliphatic hydroxyl groups is 1. The predicted molar refractivity (Wildman–Crippen MR) is 166 cm³/mol. The van der Waals surface area contributed by atoms with Gasteiger partial charge in [0.2, 0.25) is 5.78 Å². The molecule has 10 heteroatoms. The number of nitrogens with zero attached hydrogens (tertiary/aromatic N) is 2. The number of Topliss-reactive ketones (excluding diaryl/α,β-unsaturated/α-hetero) is 1. The second-order valence-corrected chi connectivity index (χ2v) is 11.0. The normalized spacial score (nSPS) is 17.5. The van der Waals surface area contributed by atoms with Crippen LogP contribution >= 0.6 is 0 Å². The van der Waals surface area contributed by atoms with Crippen molar-refractivity contribution in [2.45, 2.75) is 45.6 Å². The van der Waals surface area contributed by atoms with E-state index in [1.807, 2.05) is 25.1 Å². The molecular weight excluding hydrogens is 564 g/mol. The zero-order valence-electron chi connectivity index (χ0n) is 25.8. The van der Waals surface area contributed by atoms with Gasteiger partial charge in [0.1, 0.15) is 0 Å². The Morgan fingerprint density at radius 1 is 0.977 bits per heavy atom. The number of aliphatic hydroxyl groups excluding tert-OH is 1. The number of morpholine rings is 1. The number of para-hydroxylation sites is 1. The van der Waals surface area contributed by atoms with Gasteiger partial charge in [-0.1, -0.05) is 38.0 Å². The van der Waals surface area contributed by atoms with Crippen molar-refractivity contribution in [1.29, 1.82) is 0 Å². The lowest BCUT2D eigenvalue weighted by Crippen LogP contribution is -2.39. The lowest BCUT2D eigenvalue weighted by molar-refractivity contribution is -0.129. The fourth-order valence-corrected chi connectivity index (χ4v) is 5.81. The van der Waals surface area contributed by atoms with Crippen molar-refractivity contribution in [3.8, 4) is 17.2 Å². The molecule has 1 aromatic heterocycles. The molecule has 0 radical (unpaired) electrons. The number of carbonyl (C=O) groups excluding carboxylic acids is 2. The molecule has 1 amide bonds. The molecule has 0 bridgehead atoms. The first-order chi connectivity index (χ1) is 21.5. The molecule has 0 aliphatic carbocycles. The highest BCUT2D eigenvalue weighted by atomic mass is 16.5. The number of hydrogen-bond acceptors (Lipinski definition) is 9. The Balaban J connectivity index is 1.49. The van der Waals surface area contributed by atoms with Crippen LogP contribution in [0.4, 0.5) is 0 Å². The highest BCUT2D eigenvalue weighted by Crippen LogP contribution is 2.42. The van der Waals surface area contributed by atoms with Crippen LogP contribution in [0.2, 0.25) is 0 Å². The summed E-state index contributed by atoms with van der Waals surface area (Å²) in [6.07, 6.45) is 3.74. The number of rotatable bonds is 15. The minimum atomic E-state index is -0.844. The summed E-state index contributed by atoms with van der Waals surface area (Å²) in [5.74, 6) is -0.107. The van der Waals surface area contributed by atoms with Gasteiger partial charge in [-0.25, -0.2) is 0 Å². The van der Waals surface area contributed by atoms with Gasteiger partial charge in [-0.3, -0.25) is 14.5 Å². The smallest absolute Gasteiger partial charge is 0.290 e. The number of amides is 1. The van der Waals surface area contributed by atoms with Crippen molar-refractivity contribution in [1.82, 2.24) is 9.80 Å². The number of carbonyl (C=O) groups is 2. The molecule has 3 aromatic rings. The summed E-state index contributed by atoms with van der Waals surface area (Å²) in [4.78, 5) is 31.5. The van der Waals surface area contributed by atoms with E-state index in [1.165, 1.54) is 7.11 Å². The third-order valence-corrected chi connectivity index (χ3v) is 8.07. The van der Waals surface area contributed by atoms with E-state index in [2.05, 4.69) is 11.8 Å². The van der Waals surface area contributed by atoms with Gasteiger partial charge in [-0.15, -0.1) is 0 Å². The average molecular weight is 607 g/mol. The first kappa shape index (κ1) is 31.4. The number of unbranched alkanes of at least 4 members (excludes halogenated alkanes) is 2. The fraction of sp³-hybridized carbons (Fsp3) is 0.471. The Morgan fingerprint density at radius 3 is 2.55 bits per heavy atom. The molecule has 2 aliphatic heterocycles. The largest absolute Gasteiger partial charge is 0.503 e. The zero-order valence-corrected chi connectivity index (χ0v) is 25.8. The lowest BCUT2D eigenvalue weighted by atomic mass is 9.94. The molecule has 1 atom stereocenters. The molecule has 1 unspecified atom stereocenters. The Bertz CT molecular complexity index is 1490. The van der Waals surface area contributed by atoms with Gasteiger partial charge in [0.25, 0.3) is 5.91 Å². The van der Waals surface area contributed by atoms with Gasteiger partial charge in [0.05, 0.1) is 45.2 Å². The molecule has 5 rings (SSSR count). The third kappa shape index (κ3) is 6.71. The zero-order chi connectivity index (χ0) is 31.1. The molecule has 0 saturated carbocycles. The quantitative estimate of drug-likeness (QED) is 0.172. The Kier molecular flexibility index (Phi) is 10.4. The molecule has 2 aromatic carbocycles. The predicted octanol–water partition coefficient (Wildman–Crippen LogP) is 5.71.